The first-order chi connectivity index (χ1) is 11.6. The molecule has 0 aromatic heterocycles. The summed E-state index contributed by atoms with van der Waals surface area (Å²) in [6.07, 6.45) is 3.23. The SMILES string of the molecule is O=C(Nc1ccc([N+](=O)[O-])cc1)[C@@H]1CCCN1C(=O)[C@@H]1CCCN1. The fourth-order valence-electron chi connectivity index (χ4n) is 3.29. The Labute approximate surface area is 139 Å². The third kappa shape index (κ3) is 3.38. The predicted octanol–water partition coefficient (Wildman–Crippen LogP) is 1.28. The summed E-state index contributed by atoms with van der Waals surface area (Å²) in [4.78, 5) is 36.9. The number of anilines is 1. The highest BCUT2D eigenvalue weighted by Crippen LogP contribution is 2.23. The van der Waals surface area contributed by atoms with E-state index in [1.54, 1.807) is 4.90 Å². The summed E-state index contributed by atoms with van der Waals surface area (Å²) >= 11 is 0. The Bertz CT molecular complexity index is 640. The van der Waals surface area contributed by atoms with Crippen molar-refractivity contribution in [2.24, 2.45) is 0 Å². The summed E-state index contributed by atoms with van der Waals surface area (Å²) in [7, 11) is 0. The van der Waals surface area contributed by atoms with E-state index >= 15 is 0 Å². The molecule has 1 aromatic carbocycles. The van der Waals surface area contributed by atoms with Gasteiger partial charge in [-0.05, 0) is 44.4 Å². The highest BCUT2D eigenvalue weighted by atomic mass is 16.6. The molecule has 8 heteroatoms. The molecule has 2 heterocycles. The van der Waals surface area contributed by atoms with E-state index < -0.39 is 11.0 Å². The van der Waals surface area contributed by atoms with Gasteiger partial charge >= 0.3 is 0 Å². The van der Waals surface area contributed by atoms with Gasteiger partial charge in [0.2, 0.25) is 11.8 Å². The summed E-state index contributed by atoms with van der Waals surface area (Å²) in [6.45, 7) is 1.43. The Kier molecular flexibility index (Phi) is 4.75. The maximum absolute atomic E-state index is 12.5. The van der Waals surface area contributed by atoms with Crippen LogP contribution in [-0.4, -0.2) is 46.8 Å². The molecule has 2 amide bonds. The zero-order valence-electron chi connectivity index (χ0n) is 13.2. The van der Waals surface area contributed by atoms with E-state index in [2.05, 4.69) is 10.6 Å². The van der Waals surface area contributed by atoms with Crippen LogP contribution in [0.5, 0.6) is 0 Å². The molecule has 2 N–H and O–H groups in total. The molecule has 0 bridgehead atoms. The number of non-ortho nitro benzene ring substituents is 1. The molecule has 8 nitrogen and oxygen atoms in total. The lowest BCUT2D eigenvalue weighted by Crippen LogP contribution is -2.49. The Morgan fingerprint density at radius 2 is 1.96 bits per heavy atom. The van der Waals surface area contributed by atoms with Gasteiger partial charge < -0.3 is 15.5 Å². The van der Waals surface area contributed by atoms with Crippen molar-refractivity contribution < 1.29 is 14.5 Å². The number of nitro benzene ring substituents is 1. The van der Waals surface area contributed by atoms with E-state index in [9.17, 15) is 19.7 Å². The first kappa shape index (κ1) is 16.4. The molecule has 0 spiro atoms. The average Bonchev–Trinajstić information content (AvgIpc) is 3.26. The molecule has 2 fully saturated rings. The zero-order chi connectivity index (χ0) is 17.1. The minimum atomic E-state index is -0.489. The van der Waals surface area contributed by atoms with Crippen LogP contribution in [0.25, 0.3) is 0 Å². The molecular weight excluding hydrogens is 312 g/mol. The van der Waals surface area contributed by atoms with Crippen molar-refractivity contribution in [2.45, 2.75) is 37.8 Å². The van der Waals surface area contributed by atoms with Gasteiger partial charge in [-0.25, -0.2) is 0 Å². The molecule has 128 valence electrons. The fraction of sp³-hybridized carbons (Fsp3) is 0.500. The van der Waals surface area contributed by atoms with Crippen molar-refractivity contribution in [3.63, 3.8) is 0 Å². The monoisotopic (exact) mass is 332 g/mol. The van der Waals surface area contributed by atoms with Crippen LogP contribution in [0, 0.1) is 10.1 Å². The normalized spacial score (nSPS) is 23.2. The maximum atomic E-state index is 12.5. The zero-order valence-corrected chi connectivity index (χ0v) is 13.2. The van der Waals surface area contributed by atoms with E-state index in [1.165, 1.54) is 24.3 Å². The molecule has 2 saturated heterocycles. The van der Waals surface area contributed by atoms with Crippen LogP contribution in [0.4, 0.5) is 11.4 Å². The number of carbonyl (C=O) groups excluding carboxylic acids is 2. The van der Waals surface area contributed by atoms with Crippen molar-refractivity contribution in [3.8, 4) is 0 Å². The number of benzene rings is 1. The van der Waals surface area contributed by atoms with Crippen molar-refractivity contribution in [1.29, 1.82) is 0 Å². The van der Waals surface area contributed by atoms with Crippen LogP contribution < -0.4 is 10.6 Å². The van der Waals surface area contributed by atoms with Gasteiger partial charge in [-0.2, -0.15) is 0 Å². The lowest BCUT2D eigenvalue weighted by Gasteiger charge is -2.26. The standard InChI is InChI=1S/C16H20N4O4/c21-15(18-11-5-7-12(8-6-11)20(23)24)14-4-2-10-19(14)16(22)13-3-1-9-17-13/h5-8,13-14,17H,1-4,9-10H2,(H,18,21)/t13-,14-/m0/s1. The summed E-state index contributed by atoms with van der Waals surface area (Å²) < 4.78 is 0. The number of amides is 2. The number of carbonyl (C=O) groups is 2. The third-order valence-corrected chi connectivity index (χ3v) is 4.54. The van der Waals surface area contributed by atoms with Gasteiger partial charge in [0.25, 0.3) is 5.69 Å². The minimum Gasteiger partial charge on any atom is -0.329 e. The number of nitrogens with zero attached hydrogens (tertiary/aromatic N) is 2. The van der Waals surface area contributed by atoms with Crippen molar-refractivity contribution >= 4 is 23.2 Å². The molecule has 0 radical (unpaired) electrons. The third-order valence-electron chi connectivity index (χ3n) is 4.54. The van der Waals surface area contributed by atoms with E-state index in [4.69, 9.17) is 0 Å². The van der Waals surface area contributed by atoms with E-state index in [-0.39, 0.29) is 23.5 Å². The summed E-state index contributed by atoms with van der Waals surface area (Å²) in [6, 6.07) is 5.02. The van der Waals surface area contributed by atoms with Crippen LogP contribution in [0.1, 0.15) is 25.7 Å². The molecule has 0 unspecified atom stereocenters. The van der Waals surface area contributed by atoms with Crippen molar-refractivity contribution in [2.75, 3.05) is 18.4 Å². The average molecular weight is 332 g/mol. The van der Waals surface area contributed by atoms with Crippen LogP contribution in [-0.2, 0) is 9.59 Å². The molecule has 2 atom stereocenters. The van der Waals surface area contributed by atoms with Gasteiger partial charge in [0, 0.05) is 24.4 Å². The smallest absolute Gasteiger partial charge is 0.269 e. The molecular formula is C16H20N4O4. The van der Waals surface area contributed by atoms with E-state index in [0.29, 0.717) is 18.7 Å². The largest absolute Gasteiger partial charge is 0.329 e. The predicted molar refractivity (Wildman–Crippen MR) is 87.5 cm³/mol. The van der Waals surface area contributed by atoms with Crippen LogP contribution >= 0.6 is 0 Å². The lowest BCUT2D eigenvalue weighted by atomic mass is 10.1. The Morgan fingerprint density at radius 3 is 2.58 bits per heavy atom. The first-order valence-electron chi connectivity index (χ1n) is 8.15. The molecule has 2 aliphatic heterocycles. The molecule has 2 aliphatic rings. The maximum Gasteiger partial charge on any atom is 0.269 e. The van der Waals surface area contributed by atoms with Gasteiger partial charge in [0.15, 0.2) is 0 Å². The van der Waals surface area contributed by atoms with Gasteiger partial charge in [0.1, 0.15) is 6.04 Å². The summed E-state index contributed by atoms with van der Waals surface area (Å²) in [5, 5.41) is 16.6. The van der Waals surface area contributed by atoms with Gasteiger partial charge in [-0.1, -0.05) is 0 Å². The number of nitro groups is 1. The van der Waals surface area contributed by atoms with Gasteiger partial charge in [-0.3, -0.25) is 19.7 Å². The topological polar surface area (TPSA) is 105 Å². The number of hydrogen-bond acceptors (Lipinski definition) is 5. The Morgan fingerprint density at radius 1 is 1.21 bits per heavy atom. The minimum absolute atomic E-state index is 0.00569. The quantitative estimate of drug-likeness (QED) is 0.638. The molecule has 0 aliphatic carbocycles. The molecule has 1 aromatic rings. The van der Waals surface area contributed by atoms with Gasteiger partial charge in [0.05, 0.1) is 11.0 Å². The number of likely N-dealkylation sites (tertiary alicyclic amines) is 1. The fourth-order valence-corrected chi connectivity index (χ4v) is 3.29. The molecule has 0 saturated carbocycles. The summed E-state index contributed by atoms with van der Waals surface area (Å²) in [5.41, 5.74) is 0.460. The van der Waals surface area contributed by atoms with Crippen LogP contribution in [0.15, 0.2) is 24.3 Å². The second kappa shape index (κ2) is 6.96. The Hall–Kier alpha value is -2.48. The first-order valence-corrected chi connectivity index (χ1v) is 8.15. The van der Waals surface area contributed by atoms with Crippen LogP contribution in [0.3, 0.4) is 0 Å². The van der Waals surface area contributed by atoms with Crippen molar-refractivity contribution in [3.05, 3.63) is 34.4 Å². The number of rotatable bonds is 4. The Balaban J connectivity index is 1.64. The van der Waals surface area contributed by atoms with E-state index in [1.807, 2.05) is 0 Å². The van der Waals surface area contributed by atoms with Gasteiger partial charge in [-0.15, -0.1) is 0 Å². The lowest BCUT2D eigenvalue weighted by molar-refractivity contribution is -0.384. The number of hydrogen-bond donors (Lipinski definition) is 2. The summed E-state index contributed by atoms with van der Waals surface area (Å²) in [5.74, 6) is -0.249. The molecule has 24 heavy (non-hydrogen) atoms. The second-order valence-corrected chi connectivity index (χ2v) is 6.13. The van der Waals surface area contributed by atoms with E-state index in [0.717, 1.165) is 25.8 Å². The van der Waals surface area contributed by atoms with Crippen molar-refractivity contribution in [1.82, 2.24) is 10.2 Å². The molecule has 3 rings (SSSR count). The second-order valence-electron chi connectivity index (χ2n) is 6.13. The highest BCUT2D eigenvalue weighted by molar-refractivity contribution is 5.98. The van der Waals surface area contributed by atoms with Crippen LogP contribution in [0.2, 0.25) is 0 Å². The highest BCUT2D eigenvalue weighted by Gasteiger charge is 2.37. The number of nitrogens with one attached hydrogen (secondary N) is 2.